The molecular formula is C19H22N6. The Morgan fingerprint density at radius 2 is 1.80 bits per heavy atom. The number of fused-ring (bicyclic) bond motifs is 1. The molecule has 3 heterocycles. The SMILES string of the molecule is c1cc(N2CCNCC2)c(CNCc2ccc3nccnc3c2)cn1. The Morgan fingerprint density at radius 3 is 2.68 bits per heavy atom. The summed E-state index contributed by atoms with van der Waals surface area (Å²) in [6, 6.07) is 8.34. The second-order valence-corrected chi connectivity index (χ2v) is 6.22. The molecule has 0 radical (unpaired) electrons. The number of benzene rings is 1. The first-order valence-corrected chi connectivity index (χ1v) is 8.69. The van der Waals surface area contributed by atoms with Gasteiger partial charge in [-0.05, 0) is 23.8 Å². The van der Waals surface area contributed by atoms with Crippen LogP contribution in [0.25, 0.3) is 11.0 Å². The predicted octanol–water partition coefficient (Wildman–Crippen LogP) is 1.72. The largest absolute Gasteiger partial charge is 0.369 e. The molecule has 1 aliphatic heterocycles. The van der Waals surface area contributed by atoms with Crippen LogP contribution in [0.2, 0.25) is 0 Å². The normalized spacial score (nSPS) is 14.8. The first-order valence-electron chi connectivity index (χ1n) is 8.69. The molecule has 1 fully saturated rings. The van der Waals surface area contributed by atoms with Crippen LogP contribution in [0.5, 0.6) is 0 Å². The van der Waals surface area contributed by atoms with Crippen molar-refractivity contribution in [3.8, 4) is 0 Å². The van der Waals surface area contributed by atoms with Crippen LogP contribution in [0.3, 0.4) is 0 Å². The molecule has 1 aliphatic rings. The van der Waals surface area contributed by atoms with Gasteiger partial charge in [0.25, 0.3) is 0 Å². The van der Waals surface area contributed by atoms with E-state index in [9.17, 15) is 0 Å². The van der Waals surface area contributed by atoms with E-state index in [-0.39, 0.29) is 0 Å². The van der Waals surface area contributed by atoms with E-state index in [1.807, 2.05) is 18.5 Å². The number of anilines is 1. The highest BCUT2D eigenvalue weighted by molar-refractivity contribution is 5.74. The minimum atomic E-state index is 0.794. The van der Waals surface area contributed by atoms with Crippen molar-refractivity contribution in [2.45, 2.75) is 13.1 Å². The molecule has 128 valence electrons. The smallest absolute Gasteiger partial charge is 0.0890 e. The van der Waals surface area contributed by atoms with E-state index in [4.69, 9.17) is 0 Å². The van der Waals surface area contributed by atoms with E-state index in [1.165, 1.54) is 16.8 Å². The van der Waals surface area contributed by atoms with Gasteiger partial charge >= 0.3 is 0 Å². The van der Waals surface area contributed by atoms with Gasteiger partial charge in [0.1, 0.15) is 0 Å². The Bertz CT molecular complexity index is 844. The molecule has 0 bridgehead atoms. The van der Waals surface area contributed by atoms with Crippen LogP contribution in [0.1, 0.15) is 11.1 Å². The number of hydrogen-bond acceptors (Lipinski definition) is 6. The molecule has 0 saturated carbocycles. The Kier molecular flexibility index (Phi) is 4.81. The summed E-state index contributed by atoms with van der Waals surface area (Å²) in [6.45, 7) is 5.75. The predicted molar refractivity (Wildman–Crippen MR) is 99.4 cm³/mol. The lowest BCUT2D eigenvalue weighted by atomic mass is 10.1. The third-order valence-electron chi connectivity index (χ3n) is 4.51. The molecule has 3 aromatic rings. The van der Waals surface area contributed by atoms with Crippen LogP contribution in [-0.2, 0) is 13.1 Å². The van der Waals surface area contributed by atoms with Crippen molar-refractivity contribution in [2.24, 2.45) is 0 Å². The summed E-state index contributed by atoms with van der Waals surface area (Å²) >= 11 is 0. The molecule has 0 aliphatic carbocycles. The maximum Gasteiger partial charge on any atom is 0.0890 e. The maximum absolute atomic E-state index is 4.37. The van der Waals surface area contributed by atoms with Crippen molar-refractivity contribution in [3.63, 3.8) is 0 Å². The van der Waals surface area contributed by atoms with Gasteiger partial charge in [0.15, 0.2) is 0 Å². The monoisotopic (exact) mass is 334 g/mol. The minimum absolute atomic E-state index is 0.794. The zero-order chi connectivity index (χ0) is 16.9. The highest BCUT2D eigenvalue weighted by atomic mass is 15.2. The number of pyridine rings is 1. The van der Waals surface area contributed by atoms with Crippen LogP contribution in [0.4, 0.5) is 5.69 Å². The van der Waals surface area contributed by atoms with Crippen LogP contribution >= 0.6 is 0 Å². The van der Waals surface area contributed by atoms with Gasteiger partial charge in [-0.25, -0.2) is 0 Å². The first kappa shape index (κ1) is 15.9. The van der Waals surface area contributed by atoms with Crippen molar-refractivity contribution in [2.75, 3.05) is 31.1 Å². The van der Waals surface area contributed by atoms with Gasteiger partial charge in [-0.15, -0.1) is 0 Å². The molecule has 0 amide bonds. The fourth-order valence-corrected chi connectivity index (χ4v) is 3.23. The van der Waals surface area contributed by atoms with E-state index in [1.54, 1.807) is 12.4 Å². The summed E-state index contributed by atoms with van der Waals surface area (Å²) in [5.41, 5.74) is 5.60. The fourth-order valence-electron chi connectivity index (χ4n) is 3.23. The highest BCUT2D eigenvalue weighted by Gasteiger charge is 2.13. The molecule has 0 spiro atoms. The molecule has 1 aromatic carbocycles. The topological polar surface area (TPSA) is 66.0 Å². The Balaban J connectivity index is 1.42. The van der Waals surface area contributed by atoms with Gasteiger partial charge in [-0.1, -0.05) is 6.07 Å². The molecule has 0 atom stereocenters. The number of nitrogens with one attached hydrogen (secondary N) is 2. The van der Waals surface area contributed by atoms with Crippen molar-refractivity contribution >= 4 is 16.7 Å². The standard InChI is InChI=1S/C19H22N6/c1-2-17-18(24-6-5-23-17)11-15(1)12-22-14-16-13-21-4-3-19(16)25-9-7-20-8-10-25/h1-6,11,13,20,22H,7-10,12,14H2. The molecule has 25 heavy (non-hydrogen) atoms. The fraction of sp³-hybridized carbons (Fsp3) is 0.316. The second kappa shape index (κ2) is 7.55. The van der Waals surface area contributed by atoms with Crippen molar-refractivity contribution in [1.29, 1.82) is 0 Å². The molecule has 4 rings (SSSR count). The third-order valence-corrected chi connectivity index (χ3v) is 4.51. The molecule has 1 saturated heterocycles. The Hall–Kier alpha value is -2.57. The number of nitrogens with zero attached hydrogens (tertiary/aromatic N) is 4. The third kappa shape index (κ3) is 3.75. The molecule has 6 heteroatoms. The van der Waals surface area contributed by atoms with E-state index < -0.39 is 0 Å². The van der Waals surface area contributed by atoms with Crippen molar-refractivity contribution in [1.82, 2.24) is 25.6 Å². The molecule has 0 unspecified atom stereocenters. The molecule has 6 nitrogen and oxygen atoms in total. The van der Waals surface area contributed by atoms with E-state index in [0.717, 1.165) is 50.3 Å². The first-order chi connectivity index (χ1) is 12.4. The summed E-state index contributed by atoms with van der Waals surface area (Å²) in [5.74, 6) is 0. The summed E-state index contributed by atoms with van der Waals surface area (Å²) < 4.78 is 0. The summed E-state index contributed by atoms with van der Waals surface area (Å²) in [4.78, 5) is 15.4. The number of aromatic nitrogens is 3. The molecular weight excluding hydrogens is 312 g/mol. The van der Waals surface area contributed by atoms with Gasteiger partial charge in [0, 0.05) is 75.3 Å². The van der Waals surface area contributed by atoms with E-state index >= 15 is 0 Å². The zero-order valence-corrected chi connectivity index (χ0v) is 14.2. The molecule has 2 N–H and O–H groups in total. The van der Waals surface area contributed by atoms with Crippen molar-refractivity contribution < 1.29 is 0 Å². The van der Waals surface area contributed by atoms with Gasteiger partial charge in [-0.2, -0.15) is 0 Å². The number of piperazine rings is 1. The van der Waals surface area contributed by atoms with Crippen LogP contribution in [-0.4, -0.2) is 41.1 Å². The lowest BCUT2D eigenvalue weighted by molar-refractivity contribution is 0.585. The van der Waals surface area contributed by atoms with Gasteiger partial charge in [-0.3, -0.25) is 15.0 Å². The van der Waals surface area contributed by atoms with Crippen LogP contribution < -0.4 is 15.5 Å². The Morgan fingerprint density at radius 1 is 0.960 bits per heavy atom. The number of rotatable bonds is 5. The Labute approximate surface area is 147 Å². The summed E-state index contributed by atoms with van der Waals surface area (Å²) in [6.07, 6.45) is 7.30. The van der Waals surface area contributed by atoms with Gasteiger partial charge in [0.05, 0.1) is 11.0 Å². The average molecular weight is 334 g/mol. The van der Waals surface area contributed by atoms with Gasteiger partial charge < -0.3 is 15.5 Å². The van der Waals surface area contributed by atoms with Gasteiger partial charge in [0.2, 0.25) is 0 Å². The average Bonchev–Trinajstić information content (AvgIpc) is 2.69. The van der Waals surface area contributed by atoms with Crippen LogP contribution in [0, 0.1) is 0 Å². The summed E-state index contributed by atoms with van der Waals surface area (Å²) in [5, 5.41) is 6.93. The maximum atomic E-state index is 4.37. The highest BCUT2D eigenvalue weighted by Crippen LogP contribution is 2.20. The lowest BCUT2D eigenvalue weighted by Crippen LogP contribution is -2.44. The number of hydrogen-bond donors (Lipinski definition) is 2. The second-order valence-electron chi connectivity index (χ2n) is 6.22. The summed E-state index contributed by atoms with van der Waals surface area (Å²) in [7, 11) is 0. The minimum Gasteiger partial charge on any atom is -0.369 e. The lowest BCUT2D eigenvalue weighted by Gasteiger charge is -2.31. The van der Waals surface area contributed by atoms with E-state index in [0.29, 0.717) is 0 Å². The van der Waals surface area contributed by atoms with Crippen molar-refractivity contribution in [3.05, 3.63) is 60.2 Å². The quantitative estimate of drug-likeness (QED) is 0.741. The van der Waals surface area contributed by atoms with E-state index in [2.05, 4.69) is 48.7 Å². The molecule has 2 aromatic heterocycles. The van der Waals surface area contributed by atoms with Crippen LogP contribution in [0.15, 0.2) is 49.1 Å². The zero-order valence-electron chi connectivity index (χ0n) is 14.2.